The first kappa shape index (κ1) is 10.9. The second kappa shape index (κ2) is 4.51. The average molecular weight is 236 g/mol. The molecule has 0 fully saturated rings. The number of furan rings is 1. The topological polar surface area (TPSA) is 56.2 Å². The van der Waals surface area contributed by atoms with Crippen LogP contribution in [0, 0.1) is 0 Å². The quantitative estimate of drug-likeness (QED) is 0.832. The Morgan fingerprint density at radius 3 is 2.75 bits per heavy atom. The lowest BCUT2D eigenvalue weighted by Crippen LogP contribution is -1.99. The zero-order chi connectivity index (χ0) is 11.5. The number of hydrogen-bond acceptors (Lipinski definition) is 3. The van der Waals surface area contributed by atoms with Crippen molar-refractivity contribution in [3.05, 3.63) is 58.5 Å². The number of benzene rings is 1. The zero-order valence-corrected chi connectivity index (χ0v) is 9.20. The van der Waals surface area contributed by atoms with Gasteiger partial charge in [0, 0.05) is 10.6 Å². The van der Waals surface area contributed by atoms with Crippen LogP contribution < -0.4 is 5.73 Å². The monoisotopic (exact) mass is 235 g/mol. The molecule has 0 atom stereocenters. The number of carbonyl (C=O) groups is 1. The number of carbonyl (C=O) groups excluding carboxylic acids is 1. The molecule has 0 saturated carbocycles. The largest absolute Gasteiger partial charge is 0.456 e. The number of rotatable bonds is 3. The van der Waals surface area contributed by atoms with Crippen LogP contribution in [0.4, 0.5) is 0 Å². The summed E-state index contributed by atoms with van der Waals surface area (Å²) in [6.45, 7) is 0.281. The predicted molar refractivity (Wildman–Crippen MR) is 61.5 cm³/mol. The first-order chi connectivity index (χ1) is 7.70. The summed E-state index contributed by atoms with van der Waals surface area (Å²) in [6.07, 6.45) is 0. The summed E-state index contributed by atoms with van der Waals surface area (Å²) in [5.41, 5.74) is 5.90. The Labute approximate surface area is 97.8 Å². The SMILES string of the molecule is NCc1ccc(C(=O)c2cccc(Cl)c2)o1. The maximum Gasteiger partial charge on any atom is 0.228 e. The van der Waals surface area contributed by atoms with Crippen molar-refractivity contribution in [2.45, 2.75) is 6.54 Å². The van der Waals surface area contributed by atoms with Gasteiger partial charge in [0.2, 0.25) is 5.78 Å². The molecule has 1 aromatic carbocycles. The Morgan fingerprint density at radius 1 is 1.31 bits per heavy atom. The molecule has 82 valence electrons. The number of hydrogen-bond donors (Lipinski definition) is 1. The molecule has 16 heavy (non-hydrogen) atoms. The third-order valence-electron chi connectivity index (χ3n) is 2.17. The molecule has 0 bridgehead atoms. The summed E-state index contributed by atoms with van der Waals surface area (Å²) in [4.78, 5) is 11.9. The highest BCUT2D eigenvalue weighted by molar-refractivity contribution is 6.31. The van der Waals surface area contributed by atoms with Gasteiger partial charge in [0.15, 0.2) is 5.76 Å². The van der Waals surface area contributed by atoms with Crippen molar-refractivity contribution in [1.29, 1.82) is 0 Å². The van der Waals surface area contributed by atoms with Crippen LogP contribution in [-0.4, -0.2) is 5.78 Å². The maximum absolute atomic E-state index is 11.9. The third kappa shape index (κ3) is 2.15. The molecule has 2 rings (SSSR count). The van der Waals surface area contributed by atoms with Gasteiger partial charge in [-0.05, 0) is 24.3 Å². The predicted octanol–water partition coefficient (Wildman–Crippen LogP) is 2.62. The summed E-state index contributed by atoms with van der Waals surface area (Å²) in [5.74, 6) is 0.676. The average Bonchev–Trinajstić information content (AvgIpc) is 2.76. The van der Waals surface area contributed by atoms with Gasteiger partial charge < -0.3 is 10.2 Å². The van der Waals surface area contributed by atoms with Crippen molar-refractivity contribution < 1.29 is 9.21 Å². The van der Waals surface area contributed by atoms with E-state index in [2.05, 4.69) is 0 Å². The van der Waals surface area contributed by atoms with E-state index in [4.69, 9.17) is 21.8 Å². The van der Waals surface area contributed by atoms with Gasteiger partial charge in [-0.1, -0.05) is 23.7 Å². The number of ketones is 1. The zero-order valence-electron chi connectivity index (χ0n) is 8.44. The molecular formula is C12H10ClNO2. The van der Waals surface area contributed by atoms with Crippen LogP contribution in [0.25, 0.3) is 0 Å². The Bertz CT molecular complexity index is 519. The fraction of sp³-hybridized carbons (Fsp3) is 0.0833. The Morgan fingerprint density at radius 2 is 2.12 bits per heavy atom. The van der Waals surface area contributed by atoms with Crippen molar-refractivity contribution in [3.8, 4) is 0 Å². The molecule has 0 radical (unpaired) electrons. The van der Waals surface area contributed by atoms with E-state index in [0.29, 0.717) is 16.3 Å². The first-order valence-corrected chi connectivity index (χ1v) is 5.17. The molecule has 0 amide bonds. The standard InChI is InChI=1S/C12H10ClNO2/c13-9-3-1-2-8(6-9)12(15)11-5-4-10(7-14)16-11/h1-6H,7,14H2. The molecule has 0 saturated heterocycles. The Hall–Kier alpha value is -1.58. The molecule has 0 aliphatic carbocycles. The van der Waals surface area contributed by atoms with E-state index in [1.807, 2.05) is 0 Å². The van der Waals surface area contributed by atoms with Gasteiger partial charge in [-0.15, -0.1) is 0 Å². The van der Waals surface area contributed by atoms with Crippen LogP contribution in [0.5, 0.6) is 0 Å². The van der Waals surface area contributed by atoms with Crippen molar-refractivity contribution >= 4 is 17.4 Å². The van der Waals surface area contributed by atoms with Gasteiger partial charge >= 0.3 is 0 Å². The molecule has 4 heteroatoms. The fourth-order valence-electron chi connectivity index (χ4n) is 1.38. The van der Waals surface area contributed by atoms with Crippen LogP contribution in [0.15, 0.2) is 40.8 Å². The highest BCUT2D eigenvalue weighted by Gasteiger charge is 2.13. The molecule has 3 nitrogen and oxygen atoms in total. The first-order valence-electron chi connectivity index (χ1n) is 4.80. The lowest BCUT2D eigenvalue weighted by Gasteiger charge is -1.98. The van der Waals surface area contributed by atoms with Gasteiger partial charge in [-0.25, -0.2) is 0 Å². The van der Waals surface area contributed by atoms with Crippen molar-refractivity contribution in [1.82, 2.24) is 0 Å². The van der Waals surface area contributed by atoms with Crippen molar-refractivity contribution in [2.75, 3.05) is 0 Å². The van der Waals surface area contributed by atoms with Crippen LogP contribution in [0.1, 0.15) is 21.9 Å². The van der Waals surface area contributed by atoms with Gasteiger partial charge in [-0.2, -0.15) is 0 Å². The lowest BCUT2D eigenvalue weighted by molar-refractivity contribution is 0.101. The molecule has 2 aromatic rings. The number of halogens is 1. The minimum atomic E-state index is -0.192. The van der Waals surface area contributed by atoms with Gasteiger partial charge in [0.25, 0.3) is 0 Å². The Kier molecular flexibility index (Phi) is 3.08. The Balaban J connectivity index is 2.31. The highest BCUT2D eigenvalue weighted by atomic mass is 35.5. The van der Waals surface area contributed by atoms with Gasteiger partial charge in [-0.3, -0.25) is 4.79 Å². The normalized spacial score (nSPS) is 10.4. The van der Waals surface area contributed by atoms with Gasteiger partial charge in [0.05, 0.1) is 6.54 Å². The minimum absolute atomic E-state index is 0.192. The number of nitrogens with two attached hydrogens (primary N) is 1. The highest BCUT2D eigenvalue weighted by Crippen LogP contribution is 2.16. The molecule has 0 aliphatic heterocycles. The second-order valence-electron chi connectivity index (χ2n) is 3.31. The van der Waals surface area contributed by atoms with Crippen LogP contribution >= 0.6 is 11.6 Å². The summed E-state index contributed by atoms with van der Waals surface area (Å²) in [6, 6.07) is 10.0. The smallest absolute Gasteiger partial charge is 0.228 e. The fourth-order valence-corrected chi connectivity index (χ4v) is 1.57. The molecule has 1 heterocycles. The van der Waals surface area contributed by atoms with Crippen molar-refractivity contribution in [2.24, 2.45) is 5.73 Å². The van der Waals surface area contributed by atoms with Crippen LogP contribution in [0.3, 0.4) is 0 Å². The molecule has 1 aromatic heterocycles. The molecule has 2 N–H and O–H groups in total. The van der Waals surface area contributed by atoms with E-state index in [1.165, 1.54) is 0 Å². The van der Waals surface area contributed by atoms with E-state index >= 15 is 0 Å². The molecule has 0 aliphatic rings. The summed E-state index contributed by atoms with van der Waals surface area (Å²) in [5, 5.41) is 0.524. The molecule has 0 unspecified atom stereocenters. The summed E-state index contributed by atoms with van der Waals surface area (Å²) >= 11 is 5.81. The van der Waals surface area contributed by atoms with E-state index in [-0.39, 0.29) is 18.1 Å². The van der Waals surface area contributed by atoms with E-state index in [1.54, 1.807) is 36.4 Å². The van der Waals surface area contributed by atoms with Crippen molar-refractivity contribution in [3.63, 3.8) is 0 Å². The summed E-state index contributed by atoms with van der Waals surface area (Å²) < 4.78 is 5.27. The summed E-state index contributed by atoms with van der Waals surface area (Å²) in [7, 11) is 0. The minimum Gasteiger partial charge on any atom is -0.456 e. The van der Waals surface area contributed by atoms with E-state index < -0.39 is 0 Å². The molecular weight excluding hydrogens is 226 g/mol. The van der Waals surface area contributed by atoms with Crippen LogP contribution in [0.2, 0.25) is 5.02 Å². The van der Waals surface area contributed by atoms with E-state index in [9.17, 15) is 4.79 Å². The second-order valence-corrected chi connectivity index (χ2v) is 3.75. The van der Waals surface area contributed by atoms with Gasteiger partial charge in [0.1, 0.15) is 5.76 Å². The van der Waals surface area contributed by atoms with E-state index in [0.717, 1.165) is 0 Å². The molecule has 0 spiro atoms. The maximum atomic E-state index is 11.9. The lowest BCUT2D eigenvalue weighted by atomic mass is 10.1. The van der Waals surface area contributed by atoms with Crippen LogP contribution in [-0.2, 0) is 6.54 Å². The third-order valence-corrected chi connectivity index (χ3v) is 2.41.